The van der Waals surface area contributed by atoms with E-state index in [1.165, 1.54) is 0 Å². The first kappa shape index (κ1) is 16.4. The van der Waals surface area contributed by atoms with Crippen molar-refractivity contribution in [1.82, 2.24) is 5.32 Å². The number of urea groups is 1. The molecule has 1 aliphatic carbocycles. The third kappa shape index (κ3) is 2.93. The molecule has 0 aromatic heterocycles. The van der Waals surface area contributed by atoms with Crippen LogP contribution in [0.1, 0.15) is 45.4 Å². The third-order valence-electron chi connectivity index (χ3n) is 3.80. The molecule has 1 unspecified atom stereocenters. The third-order valence-corrected chi connectivity index (χ3v) is 3.80. The van der Waals surface area contributed by atoms with Crippen molar-refractivity contribution < 1.29 is 43.9 Å². The second-order valence-corrected chi connectivity index (χ2v) is 4.76. The Morgan fingerprint density at radius 2 is 2.00 bits per heavy atom. The summed E-state index contributed by atoms with van der Waals surface area (Å²) in [6.07, 6.45) is 7.10. The minimum absolute atomic E-state index is 0. The van der Waals surface area contributed by atoms with Crippen molar-refractivity contribution >= 4 is 17.8 Å². The molecule has 1 fully saturated rings. The molecule has 4 amide bonds. The molecular formula is C13H17N2NaO3. The van der Waals surface area contributed by atoms with E-state index in [0.717, 1.165) is 37.7 Å². The first-order valence-corrected chi connectivity index (χ1v) is 6.42. The fourth-order valence-corrected chi connectivity index (χ4v) is 2.74. The summed E-state index contributed by atoms with van der Waals surface area (Å²) < 4.78 is 0. The smallest absolute Gasteiger partial charge is 0.394 e. The maximum Gasteiger partial charge on any atom is 1.00 e. The van der Waals surface area contributed by atoms with Crippen LogP contribution in [0, 0.1) is 5.41 Å². The van der Waals surface area contributed by atoms with Gasteiger partial charge < -0.3 is 10.6 Å². The Morgan fingerprint density at radius 3 is 2.63 bits per heavy atom. The number of imide groups is 2. The topological polar surface area (TPSA) is 77.3 Å². The number of nitrogens with one attached hydrogen (secondary N) is 1. The predicted molar refractivity (Wildman–Crippen MR) is 65.8 cm³/mol. The largest absolute Gasteiger partial charge is 1.00 e. The van der Waals surface area contributed by atoms with Gasteiger partial charge in [0.1, 0.15) is 5.41 Å². The van der Waals surface area contributed by atoms with Crippen LogP contribution in [0.15, 0.2) is 11.6 Å². The molecule has 1 N–H and O–H groups in total. The van der Waals surface area contributed by atoms with E-state index in [9.17, 15) is 14.4 Å². The van der Waals surface area contributed by atoms with Gasteiger partial charge in [0.05, 0.1) is 0 Å². The molecule has 1 saturated heterocycles. The number of allylic oxidation sites excluding steroid dienone is 1. The molecule has 0 bridgehead atoms. The van der Waals surface area contributed by atoms with Crippen LogP contribution in [0.25, 0.3) is 5.32 Å². The number of amides is 4. The van der Waals surface area contributed by atoms with Crippen molar-refractivity contribution in [3.05, 3.63) is 17.0 Å². The van der Waals surface area contributed by atoms with Gasteiger partial charge in [-0.25, -0.2) is 0 Å². The van der Waals surface area contributed by atoms with Gasteiger partial charge in [0.25, 0.3) is 0 Å². The molecule has 98 valence electrons. The van der Waals surface area contributed by atoms with Crippen LogP contribution in [0.4, 0.5) is 4.79 Å². The van der Waals surface area contributed by atoms with E-state index < -0.39 is 23.3 Å². The molecule has 6 heteroatoms. The predicted octanol–water partition coefficient (Wildman–Crippen LogP) is -0.573. The van der Waals surface area contributed by atoms with Gasteiger partial charge >= 0.3 is 29.6 Å². The summed E-state index contributed by atoms with van der Waals surface area (Å²) in [5, 5.41) is 5.58. The molecule has 0 saturated carbocycles. The van der Waals surface area contributed by atoms with E-state index in [2.05, 4.69) is 10.6 Å². The molecule has 0 aromatic carbocycles. The van der Waals surface area contributed by atoms with Crippen LogP contribution in [0.2, 0.25) is 0 Å². The summed E-state index contributed by atoms with van der Waals surface area (Å²) in [4.78, 5) is 35.3. The average molecular weight is 272 g/mol. The standard InChI is InChI=1S/C13H18N2O3.Na/c1-2-13(9-7-5-3-4-6-8-9)10(16)14-12(18)15-11(13)17;/h7H,2-6,8H2,1H3,(H2,14,15,16,17,18);/q;+1/p-1. The van der Waals surface area contributed by atoms with Crippen LogP contribution in [0.3, 0.4) is 0 Å². The summed E-state index contributed by atoms with van der Waals surface area (Å²) in [6, 6.07) is -0.844. The van der Waals surface area contributed by atoms with Crippen molar-refractivity contribution in [2.45, 2.75) is 45.4 Å². The van der Waals surface area contributed by atoms with Crippen molar-refractivity contribution in [2.24, 2.45) is 5.41 Å². The molecule has 1 atom stereocenters. The Bertz CT molecular complexity index is 412. The normalized spacial score (nSPS) is 27.6. The van der Waals surface area contributed by atoms with E-state index in [1.807, 2.05) is 6.08 Å². The molecule has 1 heterocycles. The zero-order valence-corrected chi connectivity index (χ0v) is 13.5. The maximum atomic E-state index is 12.1. The number of rotatable bonds is 2. The average Bonchev–Trinajstić information content (AvgIpc) is 2.58. The maximum absolute atomic E-state index is 12.1. The van der Waals surface area contributed by atoms with Gasteiger partial charge in [-0.05, 0) is 32.1 Å². The number of carbonyl (C=O) groups is 3. The number of hydrogen-bond donors (Lipinski definition) is 1. The number of hydrogen-bond acceptors (Lipinski definition) is 3. The van der Waals surface area contributed by atoms with Gasteiger partial charge in [-0.15, -0.1) is 0 Å². The van der Waals surface area contributed by atoms with Gasteiger partial charge in [-0.2, -0.15) is 0 Å². The Kier molecular flexibility index (Phi) is 5.77. The van der Waals surface area contributed by atoms with E-state index in [-0.39, 0.29) is 29.6 Å². The summed E-state index contributed by atoms with van der Waals surface area (Å²) >= 11 is 0. The molecule has 5 nitrogen and oxygen atoms in total. The molecular weight excluding hydrogens is 255 g/mol. The quantitative estimate of drug-likeness (QED) is 0.415. The molecule has 1 aliphatic heterocycles. The van der Waals surface area contributed by atoms with Crippen LogP contribution >= 0.6 is 0 Å². The van der Waals surface area contributed by atoms with E-state index in [4.69, 9.17) is 0 Å². The molecule has 0 aromatic rings. The fraction of sp³-hybridized carbons (Fsp3) is 0.615. The Hall–Kier alpha value is -0.650. The number of barbiturate groups is 1. The molecule has 0 radical (unpaired) electrons. The summed E-state index contributed by atoms with van der Waals surface area (Å²) in [5.41, 5.74) is -0.403. The second kappa shape index (κ2) is 6.68. The molecule has 19 heavy (non-hydrogen) atoms. The summed E-state index contributed by atoms with van der Waals surface area (Å²) in [6.45, 7) is 1.79. The Labute approximate surface area is 134 Å². The van der Waals surface area contributed by atoms with E-state index >= 15 is 0 Å². The second-order valence-electron chi connectivity index (χ2n) is 4.76. The minimum Gasteiger partial charge on any atom is -0.394 e. The van der Waals surface area contributed by atoms with E-state index in [0.29, 0.717) is 6.42 Å². The summed E-state index contributed by atoms with van der Waals surface area (Å²) in [7, 11) is 0. The van der Waals surface area contributed by atoms with Gasteiger partial charge in [-0.3, -0.25) is 14.4 Å². The number of carbonyl (C=O) groups excluding carboxylic acids is 3. The van der Waals surface area contributed by atoms with E-state index in [1.54, 1.807) is 6.92 Å². The monoisotopic (exact) mass is 272 g/mol. The molecule has 2 aliphatic rings. The van der Waals surface area contributed by atoms with Crippen LogP contribution in [-0.2, 0) is 9.59 Å². The van der Waals surface area contributed by atoms with Crippen molar-refractivity contribution in [3.63, 3.8) is 0 Å². The summed E-state index contributed by atoms with van der Waals surface area (Å²) in [5.74, 6) is -1.12. The Balaban J connectivity index is 0.00000180. The van der Waals surface area contributed by atoms with Gasteiger partial charge in [0.2, 0.25) is 0 Å². The Morgan fingerprint density at radius 1 is 1.26 bits per heavy atom. The minimum atomic E-state index is -1.24. The fourth-order valence-electron chi connectivity index (χ4n) is 2.74. The van der Waals surface area contributed by atoms with Gasteiger partial charge in [-0.1, -0.05) is 25.0 Å². The van der Waals surface area contributed by atoms with Crippen LogP contribution in [-0.4, -0.2) is 17.8 Å². The van der Waals surface area contributed by atoms with Crippen molar-refractivity contribution in [1.29, 1.82) is 0 Å². The first-order valence-electron chi connectivity index (χ1n) is 6.42. The zero-order chi connectivity index (χ0) is 13.2. The van der Waals surface area contributed by atoms with Gasteiger partial charge in [0.15, 0.2) is 17.8 Å². The number of nitrogens with zero attached hydrogens (tertiary/aromatic N) is 1. The van der Waals surface area contributed by atoms with Crippen LogP contribution < -0.4 is 34.9 Å². The molecule has 2 rings (SSSR count). The molecule has 0 spiro atoms. The zero-order valence-electron chi connectivity index (χ0n) is 11.5. The van der Waals surface area contributed by atoms with Crippen molar-refractivity contribution in [3.8, 4) is 0 Å². The van der Waals surface area contributed by atoms with Crippen molar-refractivity contribution in [2.75, 3.05) is 0 Å². The van der Waals surface area contributed by atoms with Crippen LogP contribution in [0.5, 0.6) is 0 Å². The van der Waals surface area contributed by atoms with Gasteiger partial charge in [0, 0.05) is 0 Å². The first-order chi connectivity index (χ1) is 8.61. The SMILES string of the molecule is CCC1(C2=CCCCCC2)C(=O)[N-]C(=O)NC1=O.[Na+].